The molecule has 2 nitrogen and oxygen atoms in total. The van der Waals surface area contributed by atoms with Crippen LogP contribution in [0.1, 0.15) is 18.4 Å². The van der Waals surface area contributed by atoms with Gasteiger partial charge in [-0.2, -0.15) is 0 Å². The molecule has 1 saturated heterocycles. The van der Waals surface area contributed by atoms with Crippen molar-refractivity contribution in [3.05, 3.63) is 35.6 Å². The second-order valence-electron chi connectivity index (χ2n) is 4.64. The number of halogens is 1. The molecule has 1 aromatic rings. The highest BCUT2D eigenvalue weighted by atomic mass is 19.1. The number of nitrogens with zero attached hydrogens (tertiary/aromatic N) is 1. The van der Waals surface area contributed by atoms with Gasteiger partial charge in [0, 0.05) is 5.54 Å². The molecular formula is C13H19FN2. The van der Waals surface area contributed by atoms with Crippen LogP contribution in [-0.2, 0) is 5.54 Å². The second kappa shape index (κ2) is 4.52. The van der Waals surface area contributed by atoms with Crippen LogP contribution in [0.25, 0.3) is 0 Å². The Morgan fingerprint density at radius 1 is 1.19 bits per heavy atom. The fourth-order valence-corrected chi connectivity index (χ4v) is 2.45. The smallest absolute Gasteiger partial charge is 0.123 e. The van der Waals surface area contributed by atoms with E-state index in [0.29, 0.717) is 0 Å². The van der Waals surface area contributed by atoms with Crippen molar-refractivity contribution in [3.63, 3.8) is 0 Å². The minimum atomic E-state index is -0.164. The van der Waals surface area contributed by atoms with Gasteiger partial charge < -0.3 is 10.2 Å². The molecule has 0 saturated carbocycles. The molecule has 1 fully saturated rings. The molecule has 88 valence electrons. The summed E-state index contributed by atoms with van der Waals surface area (Å²) in [5, 5.41) is 3.42. The maximum atomic E-state index is 12.9. The van der Waals surface area contributed by atoms with Crippen LogP contribution < -0.4 is 5.32 Å². The molecule has 0 amide bonds. The Bertz CT molecular complexity index is 339. The zero-order valence-corrected chi connectivity index (χ0v) is 9.96. The van der Waals surface area contributed by atoms with Crippen molar-refractivity contribution in [1.29, 1.82) is 0 Å². The molecule has 2 rings (SSSR count). The topological polar surface area (TPSA) is 15.3 Å². The van der Waals surface area contributed by atoms with Gasteiger partial charge in [0.05, 0.1) is 0 Å². The molecule has 1 heterocycles. The van der Waals surface area contributed by atoms with Crippen LogP contribution in [0.4, 0.5) is 4.39 Å². The van der Waals surface area contributed by atoms with Gasteiger partial charge in [-0.05, 0) is 57.7 Å². The number of hydrogen-bond acceptors (Lipinski definition) is 2. The van der Waals surface area contributed by atoms with Crippen LogP contribution in [0, 0.1) is 5.82 Å². The summed E-state index contributed by atoms with van der Waals surface area (Å²) in [5.74, 6) is -0.164. The Labute approximate surface area is 96.5 Å². The summed E-state index contributed by atoms with van der Waals surface area (Å²) in [6.45, 7) is 2.16. The summed E-state index contributed by atoms with van der Waals surface area (Å²) >= 11 is 0. The maximum Gasteiger partial charge on any atom is 0.123 e. The van der Waals surface area contributed by atoms with Crippen LogP contribution in [0.5, 0.6) is 0 Å². The summed E-state index contributed by atoms with van der Waals surface area (Å²) < 4.78 is 12.9. The van der Waals surface area contributed by atoms with Crippen LogP contribution >= 0.6 is 0 Å². The SMILES string of the molecule is CNC1(c2ccc(F)cc2)CCN(C)CC1. The summed E-state index contributed by atoms with van der Waals surface area (Å²) in [7, 11) is 4.14. The van der Waals surface area contributed by atoms with E-state index in [1.165, 1.54) is 5.56 Å². The Morgan fingerprint density at radius 3 is 2.25 bits per heavy atom. The Morgan fingerprint density at radius 2 is 1.75 bits per heavy atom. The fraction of sp³-hybridized carbons (Fsp3) is 0.538. The highest BCUT2D eigenvalue weighted by Gasteiger charge is 2.33. The van der Waals surface area contributed by atoms with Crippen molar-refractivity contribution in [3.8, 4) is 0 Å². The zero-order valence-electron chi connectivity index (χ0n) is 9.96. The maximum absolute atomic E-state index is 12.9. The third-order valence-electron chi connectivity index (χ3n) is 3.72. The normalized spacial score (nSPS) is 20.9. The fourth-order valence-electron chi connectivity index (χ4n) is 2.45. The number of nitrogens with one attached hydrogen (secondary N) is 1. The number of rotatable bonds is 2. The highest BCUT2D eigenvalue weighted by Crippen LogP contribution is 2.32. The van der Waals surface area contributed by atoms with Crippen LogP contribution in [0.2, 0.25) is 0 Å². The molecule has 0 atom stereocenters. The average molecular weight is 222 g/mol. The van der Waals surface area contributed by atoms with Gasteiger partial charge in [0.2, 0.25) is 0 Å². The molecule has 1 aliphatic rings. The largest absolute Gasteiger partial charge is 0.310 e. The zero-order chi connectivity index (χ0) is 11.6. The molecule has 1 N–H and O–H groups in total. The van der Waals surface area contributed by atoms with Crippen molar-refractivity contribution in [2.45, 2.75) is 18.4 Å². The number of benzene rings is 1. The van der Waals surface area contributed by atoms with Crippen LogP contribution in [0.15, 0.2) is 24.3 Å². The van der Waals surface area contributed by atoms with Crippen LogP contribution in [-0.4, -0.2) is 32.1 Å². The van der Waals surface area contributed by atoms with Gasteiger partial charge in [0.1, 0.15) is 5.82 Å². The lowest BCUT2D eigenvalue weighted by Gasteiger charge is -2.41. The molecule has 1 aliphatic heterocycles. The minimum Gasteiger partial charge on any atom is -0.310 e. The molecule has 0 aromatic heterocycles. The van der Waals surface area contributed by atoms with Crippen LogP contribution in [0.3, 0.4) is 0 Å². The van der Waals surface area contributed by atoms with Gasteiger partial charge in [-0.3, -0.25) is 0 Å². The Kier molecular flexibility index (Phi) is 3.26. The third-order valence-corrected chi connectivity index (χ3v) is 3.72. The van der Waals surface area contributed by atoms with E-state index in [-0.39, 0.29) is 11.4 Å². The summed E-state index contributed by atoms with van der Waals surface area (Å²) in [4.78, 5) is 2.33. The van der Waals surface area contributed by atoms with Gasteiger partial charge in [-0.15, -0.1) is 0 Å². The molecule has 16 heavy (non-hydrogen) atoms. The summed E-state index contributed by atoms with van der Waals surface area (Å²) in [5.41, 5.74) is 1.23. The first-order valence-corrected chi connectivity index (χ1v) is 5.80. The number of likely N-dealkylation sites (tertiary alicyclic amines) is 1. The lowest BCUT2D eigenvalue weighted by Crippen LogP contribution is -2.48. The van der Waals surface area contributed by atoms with E-state index in [1.807, 2.05) is 19.2 Å². The first-order chi connectivity index (χ1) is 7.66. The number of hydrogen-bond donors (Lipinski definition) is 1. The van der Waals surface area contributed by atoms with Gasteiger partial charge in [0.15, 0.2) is 0 Å². The molecule has 0 bridgehead atoms. The van der Waals surface area contributed by atoms with Gasteiger partial charge in [-0.1, -0.05) is 12.1 Å². The molecular weight excluding hydrogens is 203 g/mol. The lowest BCUT2D eigenvalue weighted by molar-refractivity contribution is 0.164. The van der Waals surface area contributed by atoms with Gasteiger partial charge in [-0.25, -0.2) is 4.39 Å². The standard InChI is InChI=1S/C13H19FN2/c1-15-13(7-9-16(2)10-8-13)11-3-5-12(14)6-4-11/h3-6,15H,7-10H2,1-2H3. The molecule has 0 radical (unpaired) electrons. The van der Waals surface area contributed by atoms with E-state index in [1.54, 1.807) is 12.1 Å². The molecule has 0 unspecified atom stereocenters. The van der Waals surface area contributed by atoms with Crippen molar-refractivity contribution in [2.24, 2.45) is 0 Å². The van der Waals surface area contributed by atoms with Crippen molar-refractivity contribution >= 4 is 0 Å². The van der Waals surface area contributed by atoms with E-state index >= 15 is 0 Å². The Balaban J connectivity index is 2.24. The van der Waals surface area contributed by atoms with E-state index in [2.05, 4.69) is 17.3 Å². The second-order valence-corrected chi connectivity index (χ2v) is 4.64. The predicted octanol–water partition coefficient (Wildman–Crippen LogP) is 1.97. The minimum absolute atomic E-state index is 0.0280. The van der Waals surface area contributed by atoms with Crippen molar-refractivity contribution in [1.82, 2.24) is 10.2 Å². The molecule has 0 spiro atoms. The molecule has 3 heteroatoms. The predicted molar refractivity (Wildman–Crippen MR) is 63.9 cm³/mol. The van der Waals surface area contributed by atoms with E-state index in [9.17, 15) is 4.39 Å². The summed E-state index contributed by atoms with van der Waals surface area (Å²) in [6.07, 6.45) is 2.15. The monoisotopic (exact) mass is 222 g/mol. The molecule has 0 aliphatic carbocycles. The van der Waals surface area contributed by atoms with E-state index < -0.39 is 0 Å². The third kappa shape index (κ3) is 2.11. The van der Waals surface area contributed by atoms with Gasteiger partial charge >= 0.3 is 0 Å². The van der Waals surface area contributed by atoms with Gasteiger partial charge in [0.25, 0.3) is 0 Å². The first kappa shape index (κ1) is 11.6. The number of piperidine rings is 1. The molecule has 1 aromatic carbocycles. The van der Waals surface area contributed by atoms with E-state index in [0.717, 1.165) is 25.9 Å². The van der Waals surface area contributed by atoms with Crippen molar-refractivity contribution in [2.75, 3.05) is 27.2 Å². The quantitative estimate of drug-likeness (QED) is 0.823. The van der Waals surface area contributed by atoms with E-state index in [4.69, 9.17) is 0 Å². The Hall–Kier alpha value is -0.930. The lowest BCUT2D eigenvalue weighted by atomic mass is 9.81. The average Bonchev–Trinajstić information content (AvgIpc) is 2.32. The first-order valence-electron chi connectivity index (χ1n) is 5.80. The highest BCUT2D eigenvalue weighted by molar-refractivity contribution is 5.25. The van der Waals surface area contributed by atoms with Crippen molar-refractivity contribution < 1.29 is 4.39 Å². The summed E-state index contributed by atoms with van der Waals surface area (Å²) in [6, 6.07) is 6.90.